The fourth-order valence-electron chi connectivity index (χ4n) is 1.71. The smallest absolute Gasteiger partial charge is 0.119 e. The van der Waals surface area contributed by atoms with Gasteiger partial charge in [0.1, 0.15) is 5.75 Å². The van der Waals surface area contributed by atoms with Crippen LogP contribution < -0.4 is 10.5 Å². The molecule has 0 aliphatic rings. The van der Waals surface area contributed by atoms with Crippen molar-refractivity contribution in [3.05, 3.63) is 29.8 Å². The zero-order chi connectivity index (χ0) is 12.0. The largest absolute Gasteiger partial charge is 0.494 e. The first-order valence-corrected chi connectivity index (χ1v) is 5.67. The van der Waals surface area contributed by atoms with E-state index in [1.807, 2.05) is 31.2 Å². The van der Waals surface area contributed by atoms with Crippen molar-refractivity contribution in [3.63, 3.8) is 0 Å². The fourth-order valence-corrected chi connectivity index (χ4v) is 1.71. The lowest BCUT2D eigenvalue weighted by Crippen LogP contribution is -2.40. The van der Waals surface area contributed by atoms with Crippen molar-refractivity contribution >= 4 is 0 Å². The highest BCUT2D eigenvalue weighted by molar-refractivity contribution is 5.33. The molecule has 16 heavy (non-hydrogen) atoms. The molecule has 90 valence electrons. The molecule has 1 atom stereocenters. The molecule has 1 aromatic carbocycles. The lowest BCUT2D eigenvalue weighted by atomic mass is 9.89. The molecule has 0 saturated carbocycles. The Morgan fingerprint density at radius 1 is 1.31 bits per heavy atom. The molecule has 0 aliphatic heterocycles. The van der Waals surface area contributed by atoms with Crippen LogP contribution in [0.5, 0.6) is 5.75 Å². The van der Waals surface area contributed by atoms with E-state index in [0.717, 1.165) is 17.7 Å². The van der Waals surface area contributed by atoms with E-state index in [2.05, 4.69) is 6.92 Å². The molecule has 0 aliphatic carbocycles. The minimum Gasteiger partial charge on any atom is -0.494 e. The van der Waals surface area contributed by atoms with Gasteiger partial charge in [-0.15, -0.1) is 0 Å². The van der Waals surface area contributed by atoms with E-state index in [1.54, 1.807) is 7.11 Å². The zero-order valence-corrected chi connectivity index (χ0v) is 10.3. The summed E-state index contributed by atoms with van der Waals surface area (Å²) in [4.78, 5) is 0. The third-order valence-electron chi connectivity index (χ3n) is 2.75. The molecule has 0 aromatic heterocycles. The molecule has 0 saturated heterocycles. The van der Waals surface area contributed by atoms with E-state index in [4.69, 9.17) is 15.2 Å². The minimum absolute atomic E-state index is 0.429. The summed E-state index contributed by atoms with van der Waals surface area (Å²) < 4.78 is 10.7. The first kappa shape index (κ1) is 13.0. The Morgan fingerprint density at radius 3 is 2.62 bits per heavy atom. The summed E-state index contributed by atoms with van der Waals surface area (Å²) >= 11 is 0. The van der Waals surface area contributed by atoms with Gasteiger partial charge in [0.2, 0.25) is 0 Å². The van der Waals surface area contributed by atoms with Crippen LogP contribution in [-0.4, -0.2) is 20.3 Å². The van der Waals surface area contributed by atoms with Gasteiger partial charge in [0.25, 0.3) is 0 Å². The van der Waals surface area contributed by atoms with Crippen LogP contribution in [0.1, 0.15) is 25.8 Å². The molecule has 0 fully saturated rings. The van der Waals surface area contributed by atoms with Crippen molar-refractivity contribution in [2.45, 2.75) is 25.8 Å². The third kappa shape index (κ3) is 2.97. The van der Waals surface area contributed by atoms with E-state index in [0.29, 0.717) is 13.2 Å². The fraction of sp³-hybridized carbons (Fsp3) is 0.538. The molecular weight excluding hydrogens is 202 g/mol. The van der Waals surface area contributed by atoms with Crippen LogP contribution >= 0.6 is 0 Å². The van der Waals surface area contributed by atoms with Gasteiger partial charge in [-0.3, -0.25) is 0 Å². The highest BCUT2D eigenvalue weighted by atomic mass is 16.5. The molecule has 0 amide bonds. The van der Waals surface area contributed by atoms with Crippen LogP contribution in [0, 0.1) is 0 Å². The minimum atomic E-state index is -0.429. The molecule has 1 rings (SSSR count). The van der Waals surface area contributed by atoms with Crippen molar-refractivity contribution in [2.24, 2.45) is 5.73 Å². The van der Waals surface area contributed by atoms with Gasteiger partial charge in [0, 0.05) is 7.11 Å². The summed E-state index contributed by atoms with van der Waals surface area (Å²) in [5.41, 5.74) is 6.94. The Labute approximate surface area is 97.6 Å². The third-order valence-corrected chi connectivity index (χ3v) is 2.75. The van der Waals surface area contributed by atoms with Crippen LogP contribution in [0.2, 0.25) is 0 Å². The average Bonchev–Trinajstić information content (AvgIpc) is 2.30. The molecule has 1 unspecified atom stereocenters. The maximum atomic E-state index is 6.31. The zero-order valence-electron chi connectivity index (χ0n) is 10.3. The number of hydrogen-bond acceptors (Lipinski definition) is 3. The lowest BCUT2D eigenvalue weighted by Gasteiger charge is -2.28. The summed E-state index contributed by atoms with van der Waals surface area (Å²) in [5, 5.41) is 0. The van der Waals surface area contributed by atoms with Crippen molar-refractivity contribution in [3.8, 4) is 5.75 Å². The van der Waals surface area contributed by atoms with Gasteiger partial charge in [-0.1, -0.05) is 19.1 Å². The van der Waals surface area contributed by atoms with Crippen molar-refractivity contribution in [1.82, 2.24) is 0 Å². The van der Waals surface area contributed by atoms with E-state index >= 15 is 0 Å². The number of benzene rings is 1. The van der Waals surface area contributed by atoms with Crippen LogP contribution in [0.4, 0.5) is 0 Å². The lowest BCUT2D eigenvalue weighted by molar-refractivity contribution is 0.129. The molecule has 0 radical (unpaired) electrons. The standard InChI is InChI=1S/C13H21NO2/c1-4-13(14,10-15-3)11-7-6-8-12(9-11)16-5-2/h6-9H,4-5,10,14H2,1-3H3. The summed E-state index contributed by atoms with van der Waals surface area (Å²) in [6.07, 6.45) is 0.830. The summed E-state index contributed by atoms with van der Waals surface area (Å²) in [5.74, 6) is 0.861. The maximum absolute atomic E-state index is 6.31. The SMILES string of the molecule is CCOc1cccc(C(N)(CC)COC)c1. The van der Waals surface area contributed by atoms with Gasteiger partial charge >= 0.3 is 0 Å². The number of methoxy groups -OCH3 is 1. The topological polar surface area (TPSA) is 44.5 Å². The van der Waals surface area contributed by atoms with Crippen molar-refractivity contribution < 1.29 is 9.47 Å². The van der Waals surface area contributed by atoms with Crippen LogP contribution in [0.15, 0.2) is 24.3 Å². The monoisotopic (exact) mass is 223 g/mol. The van der Waals surface area contributed by atoms with Gasteiger partial charge in [-0.05, 0) is 31.0 Å². The Kier molecular flexibility index (Phi) is 4.77. The Balaban J connectivity index is 2.96. The van der Waals surface area contributed by atoms with E-state index in [1.165, 1.54) is 0 Å². The van der Waals surface area contributed by atoms with Gasteiger partial charge in [0.15, 0.2) is 0 Å². The quantitative estimate of drug-likeness (QED) is 0.804. The van der Waals surface area contributed by atoms with Gasteiger partial charge in [-0.2, -0.15) is 0 Å². The molecule has 0 bridgehead atoms. The highest BCUT2D eigenvalue weighted by Crippen LogP contribution is 2.25. The highest BCUT2D eigenvalue weighted by Gasteiger charge is 2.25. The molecule has 3 heteroatoms. The number of ether oxygens (including phenoxy) is 2. The first-order valence-electron chi connectivity index (χ1n) is 5.67. The summed E-state index contributed by atoms with van der Waals surface area (Å²) in [7, 11) is 1.67. The second kappa shape index (κ2) is 5.87. The molecule has 0 heterocycles. The number of rotatable bonds is 6. The van der Waals surface area contributed by atoms with Gasteiger partial charge in [-0.25, -0.2) is 0 Å². The second-order valence-corrected chi connectivity index (χ2v) is 3.90. The first-order chi connectivity index (χ1) is 7.66. The molecule has 1 aromatic rings. The summed E-state index contributed by atoms with van der Waals surface area (Å²) in [6.45, 7) is 5.21. The van der Waals surface area contributed by atoms with Crippen LogP contribution in [-0.2, 0) is 10.3 Å². The molecule has 0 spiro atoms. The van der Waals surface area contributed by atoms with Crippen molar-refractivity contribution in [2.75, 3.05) is 20.3 Å². The maximum Gasteiger partial charge on any atom is 0.119 e. The van der Waals surface area contributed by atoms with Crippen LogP contribution in [0.25, 0.3) is 0 Å². The number of nitrogens with two attached hydrogens (primary N) is 1. The van der Waals surface area contributed by atoms with Gasteiger partial charge in [0.05, 0.1) is 18.8 Å². The second-order valence-electron chi connectivity index (χ2n) is 3.90. The summed E-state index contributed by atoms with van der Waals surface area (Å²) in [6, 6.07) is 7.92. The molecule has 2 N–H and O–H groups in total. The number of hydrogen-bond donors (Lipinski definition) is 1. The van der Waals surface area contributed by atoms with Crippen molar-refractivity contribution in [1.29, 1.82) is 0 Å². The predicted octanol–water partition coefficient (Wildman–Crippen LogP) is 2.30. The molecule has 3 nitrogen and oxygen atoms in total. The molecular formula is C13H21NO2. The van der Waals surface area contributed by atoms with E-state index in [9.17, 15) is 0 Å². The average molecular weight is 223 g/mol. The van der Waals surface area contributed by atoms with E-state index in [-0.39, 0.29) is 0 Å². The normalized spacial score (nSPS) is 14.5. The Hall–Kier alpha value is -1.06. The Morgan fingerprint density at radius 2 is 2.06 bits per heavy atom. The van der Waals surface area contributed by atoms with E-state index < -0.39 is 5.54 Å². The van der Waals surface area contributed by atoms with Gasteiger partial charge < -0.3 is 15.2 Å². The predicted molar refractivity (Wildman–Crippen MR) is 65.6 cm³/mol. The van der Waals surface area contributed by atoms with Crippen LogP contribution in [0.3, 0.4) is 0 Å². The Bertz CT molecular complexity index is 327.